The van der Waals surface area contributed by atoms with Crippen LogP contribution >= 0.6 is 22.9 Å². The van der Waals surface area contributed by atoms with Crippen LogP contribution < -0.4 is 5.73 Å². The minimum atomic E-state index is -0.488. The summed E-state index contributed by atoms with van der Waals surface area (Å²) in [7, 11) is 0. The number of hydrogen-bond donors (Lipinski definition) is 1. The Morgan fingerprint density at radius 3 is 2.83 bits per heavy atom. The first-order chi connectivity index (χ1) is 5.63. The summed E-state index contributed by atoms with van der Waals surface area (Å²) in [4.78, 5) is 24.8. The van der Waals surface area contributed by atoms with Crippen molar-refractivity contribution in [3.05, 3.63) is 15.0 Å². The molecule has 0 bridgehead atoms. The first-order valence-electron chi connectivity index (χ1n) is 3.02. The number of nitrogens with two attached hydrogens (primary N) is 1. The average molecular weight is 205 g/mol. The van der Waals surface area contributed by atoms with Gasteiger partial charge in [0.15, 0.2) is 11.4 Å². The second kappa shape index (κ2) is 3.64. The predicted octanol–water partition coefficient (Wildman–Crippen LogP) is 0.637. The van der Waals surface area contributed by atoms with E-state index in [4.69, 9.17) is 17.3 Å². The molecular formula is C6H5ClN2O2S. The Kier molecular flexibility index (Phi) is 2.78. The lowest BCUT2D eigenvalue weighted by Crippen LogP contribution is -2.13. The molecule has 64 valence electrons. The molecule has 0 unspecified atom stereocenters. The van der Waals surface area contributed by atoms with Crippen molar-refractivity contribution >= 4 is 35.1 Å². The summed E-state index contributed by atoms with van der Waals surface area (Å²) in [6.45, 7) is 0. The highest BCUT2D eigenvalue weighted by molar-refractivity contribution is 7.14. The first-order valence-corrected chi connectivity index (χ1v) is 4.21. The molecule has 2 N–H and O–H groups in total. The second-order valence-corrected chi connectivity index (χ2v) is 3.50. The summed E-state index contributed by atoms with van der Waals surface area (Å²) < 4.78 is 0. The minimum Gasteiger partial charge on any atom is -0.369 e. The van der Waals surface area contributed by atoms with Gasteiger partial charge in [0.2, 0.25) is 5.91 Å². The monoisotopic (exact) mass is 204 g/mol. The van der Waals surface area contributed by atoms with E-state index in [1.807, 2.05) is 0 Å². The Hall–Kier alpha value is -0.940. The van der Waals surface area contributed by atoms with E-state index in [1.165, 1.54) is 0 Å². The third-order valence-corrected chi connectivity index (χ3v) is 2.47. The van der Waals surface area contributed by atoms with Gasteiger partial charge < -0.3 is 5.73 Å². The first kappa shape index (κ1) is 9.15. The van der Waals surface area contributed by atoms with Gasteiger partial charge in [-0.15, -0.1) is 11.3 Å². The molecule has 12 heavy (non-hydrogen) atoms. The van der Waals surface area contributed by atoms with E-state index in [1.54, 1.807) is 0 Å². The van der Waals surface area contributed by atoms with Crippen molar-refractivity contribution in [2.45, 2.75) is 6.42 Å². The molecule has 0 saturated carbocycles. The van der Waals surface area contributed by atoms with E-state index in [0.717, 1.165) is 11.3 Å². The number of primary amides is 1. The molecule has 0 spiro atoms. The van der Waals surface area contributed by atoms with Crippen LogP contribution in [0.4, 0.5) is 0 Å². The fourth-order valence-electron chi connectivity index (χ4n) is 0.654. The number of aldehydes is 1. The molecule has 0 aliphatic rings. The number of carbonyl (C=O) groups excluding carboxylic acids is 2. The van der Waals surface area contributed by atoms with Gasteiger partial charge in [0.25, 0.3) is 0 Å². The number of aromatic nitrogens is 1. The van der Waals surface area contributed by atoms with Crippen molar-refractivity contribution in [2.24, 2.45) is 5.73 Å². The van der Waals surface area contributed by atoms with Crippen LogP contribution in [-0.2, 0) is 11.2 Å². The van der Waals surface area contributed by atoms with Gasteiger partial charge in [-0.1, -0.05) is 11.6 Å². The number of hydrogen-bond acceptors (Lipinski definition) is 4. The summed E-state index contributed by atoms with van der Waals surface area (Å²) in [6.07, 6.45) is 0.628. The van der Waals surface area contributed by atoms with Gasteiger partial charge in [-0.2, -0.15) is 0 Å². The molecule has 6 heteroatoms. The number of carbonyl (C=O) groups is 2. The van der Waals surface area contributed by atoms with Crippen molar-refractivity contribution in [3.63, 3.8) is 0 Å². The molecule has 0 aliphatic carbocycles. The summed E-state index contributed by atoms with van der Waals surface area (Å²) in [5.74, 6) is -0.488. The zero-order chi connectivity index (χ0) is 9.14. The maximum absolute atomic E-state index is 10.4. The Balaban J connectivity index is 2.89. The van der Waals surface area contributed by atoms with Crippen molar-refractivity contribution in [1.82, 2.24) is 4.98 Å². The molecule has 4 nitrogen and oxygen atoms in total. The number of thiazole rings is 1. The molecule has 1 aromatic heterocycles. The van der Waals surface area contributed by atoms with Crippen LogP contribution in [0, 0.1) is 0 Å². The number of amides is 1. The Morgan fingerprint density at radius 2 is 2.42 bits per heavy atom. The maximum atomic E-state index is 10.4. The van der Waals surface area contributed by atoms with Crippen LogP contribution in [0.25, 0.3) is 0 Å². The minimum absolute atomic E-state index is 0.0260. The highest BCUT2D eigenvalue weighted by Gasteiger charge is 2.09. The second-order valence-electron chi connectivity index (χ2n) is 2.02. The van der Waals surface area contributed by atoms with Gasteiger partial charge in [-0.25, -0.2) is 4.98 Å². The smallest absolute Gasteiger partial charge is 0.224 e. The van der Waals surface area contributed by atoms with Gasteiger partial charge in [-0.05, 0) is 0 Å². The zero-order valence-electron chi connectivity index (χ0n) is 5.91. The molecule has 0 saturated heterocycles. The van der Waals surface area contributed by atoms with Crippen molar-refractivity contribution < 1.29 is 9.59 Å². The summed E-state index contributed by atoms with van der Waals surface area (Å²) >= 11 is 6.62. The topological polar surface area (TPSA) is 73.1 Å². The van der Waals surface area contributed by atoms with E-state index in [-0.39, 0.29) is 11.6 Å². The standard InChI is InChI=1S/C6H5ClN2O2S/c7-6-3(2-10)12-5(9-6)1-4(8)11/h2H,1H2,(H2,8,11). The molecule has 0 aliphatic heterocycles. The molecule has 0 radical (unpaired) electrons. The van der Waals surface area contributed by atoms with Crippen LogP contribution in [0.3, 0.4) is 0 Å². The summed E-state index contributed by atoms with van der Waals surface area (Å²) in [6, 6.07) is 0. The van der Waals surface area contributed by atoms with E-state index < -0.39 is 5.91 Å². The van der Waals surface area contributed by atoms with Gasteiger partial charge in [0, 0.05) is 0 Å². The fraction of sp³-hybridized carbons (Fsp3) is 0.167. The lowest BCUT2D eigenvalue weighted by molar-refractivity contribution is -0.117. The quantitative estimate of drug-likeness (QED) is 0.735. The lowest BCUT2D eigenvalue weighted by Gasteiger charge is -1.85. The van der Waals surface area contributed by atoms with Gasteiger partial charge in [0.1, 0.15) is 9.88 Å². The molecular weight excluding hydrogens is 200 g/mol. The predicted molar refractivity (Wildman–Crippen MR) is 45.4 cm³/mol. The molecule has 0 fully saturated rings. The Labute approximate surface area is 77.4 Å². The summed E-state index contributed by atoms with van der Waals surface area (Å²) in [5, 5.41) is 0.598. The van der Waals surface area contributed by atoms with Gasteiger partial charge in [-0.3, -0.25) is 9.59 Å². The maximum Gasteiger partial charge on any atom is 0.224 e. The molecule has 0 aromatic carbocycles. The Morgan fingerprint density at radius 1 is 1.75 bits per heavy atom. The average Bonchev–Trinajstić information content (AvgIpc) is 2.29. The largest absolute Gasteiger partial charge is 0.369 e. The number of nitrogens with zero attached hydrogens (tertiary/aromatic N) is 1. The van der Waals surface area contributed by atoms with Gasteiger partial charge >= 0.3 is 0 Å². The fourth-order valence-corrected chi connectivity index (χ4v) is 1.75. The van der Waals surface area contributed by atoms with Crippen LogP contribution in [0.15, 0.2) is 0 Å². The van der Waals surface area contributed by atoms with E-state index in [9.17, 15) is 9.59 Å². The summed E-state index contributed by atoms with van der Waals surface area (Å²) in [5.41, 5.74) is 4.92. The highest BCUT2D eigenvalue weighted by Crippen LogP contribution is 2.21. The lowest BCUT2D eigenvalue weighted by atomic mass is 10.4. The normalized spacial score (nSPS) is 9.75. The third kappa shape index (κ3) is 2.02. The highest BCUT2D eigenvalue weighted by atomic mass is 35.5. The SMILES string of the molecule is NC(=O)Cc1nc(Cl)c(C=O)s1. The Bertz CT molecular complexity index is 323. The molecule has 1 aromatic rings. The van der Waals surface area contributed by atoms with Crippen LogP contribution in [0.5, 0.6) is 0 Å². The molecule has 1 rings (SSSR count). The number of rotatable bonds is 3. The molecule has 1 amide bonds. The van der Waals surface area contributed by atoms with E-state index in [0.29, 0.717) is 16.2 Å². The van der Waals surface area contributed by atoms with Crippen LogP contribution in [0.2, 0.25) is 5.15 Å². The van der Waals surface area contributed by atoms with Crippen molar-refractivity contribution in [1.29, 1.82) is 0 Å². The van der Waals surface area contributed by atoms with Gasteiger partial charge in [0.05, 0.1) is 6.42 Å². The van der Waals surface area contributed by atoms with E-state index >= 15 is 0 Å². The molecule has 0 atom stereocenters. The third-order valence-electron chi connectivity index (χ3n) is 1.09. The zero-order valence-corrected chi connectivity index (χ0v) is 7.48. The van der Waals surface area contributed by atoms with E-state index in [2.05, 4.69) is 4.98 Å². The van der Waals surface area contributed by atoms with Crippen LogP contribution in [0.1, 0.15) is 14.7 Å². The van der Waals surface area contributed by atoms with Crippen molar-refractivity contribution in [2.75, 3.05) is 0 Å². The molecule has 1 heterocycles. The number of halogens is 1. The van der Waals surface area contributed by atoms with Crippen LogP contribution in [-0.4, -0.2) is 17.2 Å². The van der Waals surface area contributed by atoms with Crippen molar-refractivity contribution in [3.8, 4) is 0 Å².